The summed E-state index contributed by atoms with van der Waals surface area (Å²) in [6, 6.07) is 8.31. The van der Waals surface area contributed by atoms with Gasteiger partial charge in [0.25, 0.3) is 0 Å². The molecule has 1 amide bonds. The number of ether oxygens (including phenoxy) is 2. The summed E-state index contributed by atoms with van der Waals surface area (Å²) in [5, 5.41) is 2.09. The van der Waals surface area contributed by atoms with Crippen molar-refractivity contribution in [1.29, 1.82) is 0 Å². The Morgan fingerprint density at radius 2 is 1.88 bits per heavy atom. The highest BCUT2D eigenvalue weighted by Gasteiger charge is 2.37. The fourth-order valence-corrected chi connectivity index (χ4v) is 5.20. The van der Waals surface area contributed by atoms with E-state index in [1.165, 1.54) is 28.8 Å². The number of fused-ring (bicyclic) bond motifs is 1. The van der Waals surface area contributed by atoms with Crippen molar-refractivity contribution in [1.82, 2.24) is 4.90 Å². The van der Waals surface area contributed by atoms with E-state index in [0.29, 0.717) is 5.91 Å². The van der Waals surface area contributed by atoms with Crippen LogP contribution in [0.25, 0.3) is 0 Å². The minimum absolute atomic E-state index is 0.0216. The summed E-state index contributed by atoms with van der Waals surface area (Å²) < 4.78 is 11.0. The number of hydrogen-bond donors (Lipinski definition) is 0. The predicted molar refractivity (Wildman–Crippen MR) is 103 cm³/mol. The number of methoxy groups -OCH3 is 2. The fourth-order valence-electron chi connectivity index (χ4n) is 4.34. The Balaban J connectivity index is 1.78. The second kappa shape index (κ2) is 7.31. The van der Waals surface area contributed by atoms with Crippen molar-refractivity contribution in [2.45, 2.75) is 38.1 Å². The molecule has 1 aliphatic carbocycles. The van der Waals surface area contributed by atoms with Gasteiger partial charge in [-0.1, -0.05) is 18.9 Å². The van der Waals surface area contributed by atoms with Crippen molar-refractivity contribution in [2.75, 3.05) is 20.8 Å². The summed E-state index contributed by atoms with van der Waals surface area (Å²) in [6.07, 6.45) is 5.28. The smallest absolute Gasteiger partial charge is 0.226 e. The number of nitrogens with zero attached hydrogens (tertiary/aromatic N) is 1. The molecular formula is C21H25NO3S. The number of amides is 1. The Bertz CT molecular complexity index is 781. The van der Waals surface area contributed by atoms with E-state index in [2.05, 4.69) is 34.5 Å². The number of benzene rings is 1. The molecule has 26 heavy (non-hydrogen) atoms. The molecule has 1 saturated carbocycles. The van der Waals surface area contributed by atoms with Gasteiger partial charge in [-0.2, -0.15) is 0 Å². The molecule has 0 N–H and O–H groups in total. The molecule has 1 aliphatic heterocycles. The Morgan fingerprint density at radius 1 is 1.15 bits per heavy atom. The topological polar surface area (TPSA) is 38.8 Å². The summed E-state index contributed by atoms with van der Waals surface area (Å²) in [5.74, 6) is 2.00. The maximum Gasteiger partial charge on any atom is 0.226 e. The SMILES string of the molecule is COc1cc2c(cc1OC)C(c1cccs1)N(C(=O)C1CCCC1)CC2. The Labute approximate surface area is 158 Å². The van der Waals surface area contributed by atoms with Crippen LogP contribution in [0.4, 0.5) is 0 Å². The maximum atomic E-state index is 13.3. The molecule has 1 fully saturated rings. The first kappa shape index (κ1) is 17.4. The summed E-state index contributed by atoms with van der Waals surface area (Å²) in [5.41, 5.74) is 2.42. The summed E-state index contributed by atoms with van der Waals surface area (Å²) in [7, 11) is 3.33. The van der Waals surface area contributed by atoms with E-state index in [1.54, 1.807) is 25.6 Å². The number of thiophene rings is 1. The van der Waals surface area contributed by atoms with Crippen LogP contribution in [0.1, 0.15) is 47.7 Å². The highest BCUT2D eigenvalue weighted by atomic mass is 32.1. The molecule has 0 bridgehead atoms. The van der Waals surface area contributed by atoms with Gasteiger partial charge in [0.2, 0.25) is 5.91 Å². The van der Waals surface area contributed by atoms with Gasteiger partial charge in [-0.3, -0.25) is 4.79 Å². The molecule has 0 spiro atoms. The van der Waals surface area contributed by atoms with Gasteiger partial charge in [0.15, 0.2) is 11.5 Å². The lowest BCUT2D eigenvalue weighted by Gasteiger charge is -2.38. The van der Waals surface area contributed by atoms with Crippen molar-refractivity contribution in [3.8, 4) is 11.5 Å². The minimum Gasteiger partial charge on any atom is -0.493 e. The molecule has 1 atom stereocenters. The van der Waals surface area contributed by atoms with Crippen LogP contribution in [0.15, 0.2) is 29.6 Å². The second-order valence-corrected chi connectivity index (χ2v) is 8.07. The van der Waals surface area contributed by atoms with Gasteiger partial charge in [0.1, 0.15) is 0 Å². The lowest BCUT2D eigenvalue weighted by Crippen LogP contribution is -2.43. The fraction of sp³-hybridized carbons (Fsp3) is 0.476. The van der Waals surface area contributed by atoms with E-state index in [-0.39, 0.29) is 12.0 Å². The number of carbonyl (C=O) groups excluding carboxylic acids is 1. The standard InChI is InChI=1S/C21H25NO3S/c1-24-17-12-15-9-10-22(21(23)14-6-3-4-7-14)20(19-8-5-11-26-19)16(15)13-18(17)25-2/h5,8,11-14,20H,3-4,6-7,9-10H2,1-2H3. The molecule has 2 heterocycles. The van der Waals surface area contributed by atoms with Crippen molar-refractivity contribution < 1.29 is 14.3 Å². The first-order chi connectivity index (χ1) is 12.7. The third-order valence-corrected chi connectivity index (χ3v) is 6.60. The molecule has 138 valence electrons. The molecular weight excluding hydrogens is 346 g/mol. The van der Waals surface area contributed by atoms with E-state index in [4.69, 9.17) is 9.47 Å². The van der Waals surface area contributed by atoms with E-state index in [1.807, 2.05) is 0 Å². The van der Waals surface area contributed by atoms with Crippen LogP contribution >= 0.6 is 11.3 Å². The van der Waals surface area contributed by atoms with Gasteiger partial charge in [-0.25, -0.2) is 0 Å². The molecule has 5 heteroatoms. The van der Waals surface area contributed by atoms with Crippen molar-refractivity contribution >= 4 is 17.2 Å². The van der Waals surface area contributed by atoms with Crippen LogP contribution in [-0.4, -0.2) is 31.6 Å². The van der Waals surface area contributed by atoms with Crippen LogP contribution in [0.5, 0.6) is 11.5 Å². The van der Waals surface area contributed by atoms with Crippen LogP contribution < -0.4 is 9.47 Å². The number of carbonyl (C=O) groups is 1. The van der Waals surface area contributed by atoms with Gasteiger partial charge in [0, 0.05) is 17.3 Å². The largest absolute Gasteiger partial charge is 0.493 e. The lowest BCUT2D eigenvalue weighted by atomic mass is 9.89. The first-order valence-corrected chi connectivity index (χ1v) is 10.2. The molecule has 1 aromatic carbocycles. The molecule has 4 rings (SSSR count). The molecule has 1 aromatic heterocycles. The third kappa shape index (κ3) is 2.98. The van der Waals surface area contributed by atoms with Crippen molar-refractivity contribution in [3.63, 3.8) is 0 Å². The highest BCUT2D eigenvalue weighted by molar-refractivity contribution is 7.10. The summed E-state index contributed by atoms with van der Waals surface area (Å²) >= 11 is 1.71. The van der Waals surface area contributed by atoms with Crippen LogP contribution in [0.3, 0.4) is 0 Å². The molecule has 2 aliphatic rings. The van der Waals surface area contributed by atoms with E-state index in [9.17, 15) is 4.79 Å². The van der Waals surface area contributed by atoms with Crippen molar-refractivity contribution in [2.24, 2.45) is 5.92 Å². The van der Waals surface area contributed by atoms with Gasteiger partial charge < -0.3 is 14.4 Å². The zero-order chi connectivity index (χ0) is 18.1. The van der Waals surface area contributed by atoms with Crippen molar-refractivity contribution in [3.05, 3.63) is 45.6 Å². The lowest BCUT2D eigenvalue weighted by molar-refractivity contribution is -0.137. The zero-order valence-corrected chi connectivity index (χ0v) is 16.2. The monoisotopic (exact) mass is 371 g/mol. The van der Waals surface area contributed by atoms with Gasteiger partial charge >= 0.3 is 0 Å². The highest BCUT2D eigenvalue weighted by Crippen LogP contribution is 2.43. The molecule has 0 saturated heterocycles. The minimum atomic E-state index is -0.0216. The number of rotatable bonds is 4. The third-order valence-electron chi connectivity index (χ3n) is 5.67. The number of hydrogen-bond acceptors (Lipinski definition) is 4. The summed E-state index contributed by atoms with van der Waals surface area (Å²) in [6.45, 7) is 0.764. The predicted octanol–water partition coefficient (Wildman–Crippen LogP) is 4.43. The average Bonchev–Trinajstić information content (AvgIpc) is 3.39. The molecule has 0 radical (unpaired) electrons. The zero-order valence-electron chi connectivity index (χ0n) is 15.4. The summed E-state index contributed by atoms with van der Waals surface area (Å²) in [4.78, 5) is 16.6. The Hall–Kier alpha value is -2.01. The maximum absolute atomic E-state index is 13.3. The van der Waals surface area contributed by atoms with Crippen LogP contribution in [-0.2, 0) is 11.2 Å². The van der Waals surface area contributed by atoms with Gasteiger partial charge in [0.05, 0.1) is 20.3 Å². The van der Waals surface area contributed by atoms with E-state index < -0.39 is 0 Å². The van der Waals surface area contributed by atoms with E-state index in [0.717, 1.165) is 37.3 Å². The Kier molecular flexibility index (Phi) is 4.90. The van der Waals surface area contributed by atoms with Gasteiger partial charge in [-0.15, -0.1) is 11.3 Å². The molecule has 2 aromatic rings. The first-order valence-electron chi connectivity index (χ1n) is 9.31. The quantitative estimate of drug-likeness (QED) is 0.798. The van der Waals surface area contributed by atoms with E-state index >= 15 is 0 Å². The van der Waals surface area contributed by atoms with Crippen LogP contribution in [0, 0.1) is 5.92 Å². The second-order valence-electron chi connectivity index (χ2n) is 7.09. The Morgan fingerprint density at radius 3 is 2.54 bits per heavy atom. The molecule has 4 nitrogen and oxygen atoms in total. The van der Waals surface area contributed by atoms with Gasteiger partial charge in [-0.05, 0) is 54.0 Å². The average molecular weight is 372 g/mol. The van der Waals surface area contributed by atoms with Crippen LogP contribution in [0.2, 0.25) is 0 Å². The molecule has 1 unspecified atom stereocenters. The normalized spacial score (nSPS) is 20.1.